The van der Waals surface area contributed by atoms with Crippen LogP contribution >= 0.6 is 0 Å². The molecule has 3 saturated heterocycles. The minimum absolute atomic E-state index is 0.200. The maximum Gasteiger partial charge on any atom is 0.338 e. The van der Waals surface area contributed by atoms with Crippen molar-refractivity contribution in [2.45, 2.75) is 12.8 Å². The number of nitrogens with one attached hydrogen (secondary N) is 2. The molecule has 1 amide bonds. The van der Waals surface area contributed by atoms with E-state index in [0.717, 1.165) is 50.0 Å². The van der Waals surface area contributed by atoms with Gasteiger partial charge in [-0.3, -0.25) is 21.3 Å². The zero-order chi connectivity index (χ0) is 15.3. The first kappa shape index (κ1) is 16.0. The second-order valence-electron chi connectivity index (χ2n) is 6.90. The highest BCUT2D eigenvalue weighted by atomic mass is 16.2. The first-order valence-corrected chi connectivity index (χ1v) is 8.00. The summed E-state index contributed by atoms with van der Waals surface area (Å²) in [7, 11) is 2.34. The fourth-order valence-electron chi connectivity index (χ4n) is 3.34. The Morgan fingerprint density at radius 1 is 1.10 bits per heavy atom. The zero-order valence-corrected chi connectivity index (χ0v) is 13.2. The number of fused-ring (bicyclic) bond motifs is 3. The SMILES string of the molecule is C[N+]12CC[N+](CC(=O)NCCCC[NH+]=C(N)N)(CC1)CC2. The van der Waals surface area contributed by atoms with Gasteiger partial charge in [-0.05, 0) is 12.8 Å². The van der Waals surface area contributed by atoms with Gasteiger partial charge in [0.15, 0.2) is 6.54 Å². The van der Waals surface area contributed by atoms with Crippen LogP contribution in [-0.4, -0.2) is 86.8 Å². The molecule has 0 unspecified atom stereocenters. The van der Waals surface area contributed by atoms with Crippen LogP contribution in [0, 0.1) is 0 Å². The fraction of sp³-hybridized carbons (Fsp3) is 0.857. The molecular formula is C14H31N6O+3. The number of guanidine groups is 1. The van der Waals surface area contributed by atoms with Crippen molar-refractivity contribution in [2.24, 2.45) is 11.5 Å². The van der Waals surface area contributed by atoms with Crippen LogP contribution in [0.5, 0.6) is 0 Å². The molecule has 0 aromatic heterocycles. The maximum atomic E-state index is 12.1. The van der Waals surface area contributed by atoms with E-state index in [9.17, 15) is 4.79 Å². The first-order valence-electron chi connectivity index (χ1n) is 8.00. The summed E-state index contributed by atoms with van der Waals surface area (Å²) in [6, 6.07) is 0. The number of nitrogens with two attached hydrogens (primary N) is 2. The van der Waals surface area contributed by atoms with Crippen molar-refractivity contribution in [3.05, 3.63) is 0 Å². The molecule has 3 aliphatic heterocycles. The summed E-state index contributed by atoms with van der Waals surface area (Å²) in [5.74, 6) is 0.460. The van der Waals surface area contributed by atoms with E-state index >= 15 is 0 Å². The molecule has 0 radical (unpaired) electrons. The number of carbonyl (C=O) groups is 1. The van der Waals surface area contributed by atoms with Gasteiger partial charge in [-0.25, -0.2) is 0 Å². The second kappa shape index (κ2) is 6.62. The van der Waals surface area contributed by atoms with Gasteiger partial charge in [-0.1, -0.05) is 0 Å². The maximum absolute atomic E-state index is 12.1. The number of hydrogen-bond acceptors (Lipinski definition) is 1. The van der Waals surface area contributed by atoms with Crippen LogP contribution in [0.1, 0.15) is 12.8 Å². The molecule has 3 fully saturated rings. The van der Waals surface area contributed by atoms with Crippen LogP contribution in [0.4, 0.5) is 0 Å². The summed E-state index contributed by atoms with van der Waals surface area (Å²) >= 11 is 0. The Kier molecular flexibility index (Phi) is 5.05. The van der Waals surface area contributed by atoms with E-state index in [2.05, 4.69) is 17.4 Å². The molecule has 3 rings (SSSR count). The summed E-state index contributed by atoms with van der Waals surface area (Å²) in [5, 5.41) is 3.05. The Balaban J connectivity index is 1.63. The number of amides is 1. The molecule has 0 spiro atoms. The van der Waals surface area contributed by atoms with Crippen molar-refractivity contribution in [1.29, 1.82) is 0 Å². The smallest absolute Gasteiger partial charge is 0.338 e. The van der Waals surface area contributed by atoms with Crippen molar-refractivity contribution < 1.29 is 18.8 Å². The predicted molar refractivity (Wildman–Crippen MR) is 82.0 cm³/mol. The quantitative estimate of drug-likeness (QED) is 0.170. The van der Waals surface area contributed by atoms with Crippen LogP contribution in [0.3, 0.4) is 0 Å². The van der Waals surface area contributed by atoms with Crippen molar-refractivity contribution in [2.75, 3.05) is 66.0 Å². The minimum atomic E-state index is 0.200. The van der Waals surface area contributed by atoms with Crippen LogP contribution in [0.25, 0.3) is 0 Å². The summed E-state index contributed by atoms with van der Waals surface area (Å²) in [6.07, 6.45) is 1.90. The van der Waals surface area contributed by atoms with Crippen molar-refractivity contribution in [3.8, 4) is 0 Å². The van der Waals surface area contributed by atoms with Gasteiger partial charge < -0.3 is 14.3 Å². The summed E-state index contributed by atoms with van der Waals surface area (Å²) < 4.78 is 2.20. The molecule has 7 nitrogen and oxygen atoms in total. The number of hydrogen-bond donors (Lipinski definition) is 4. The Morgan fingerprint density at radius 2 is 1.71 bits per heavy atom. The number of nitrogens with zero attached hydrogens (tertiary/aromatic N) is 2. The highest BCUT2D eigenvalue weighted by molar-refractivity contribution is 5.77. The van der Waals surface area contributed by atoms with Crippen molar-refractivity contribution >= 4 is 11.9 Å². The zero-order valence-electron chi connectivity index (χ0n) is 13.2. The minimum Gasteiger partial charge on any atom is -0.351 e. The number of carbonyl (C=O) groups excluding carboxylic acids is 1. The van der Waals surface area contributed by atoms with Crippen LogP contribution < -0.4 is 21.8 Å². The highest BCUT2D eigenvalue weighted by Gasteiger charge is 2.47. The van der Waals surface area contributed by atoms with E-state index in [1.807, 2.05) is 0 Å². The van der Waals surface area contributed by atoms with Crippen molar-refractivity contribution in [1.82, 2.24) is 5.32 Å². The van der Waals surface area contributed by atoms with Crippen molar-refractivity contribution in [3.63, 3.8) is 0 Å². The van der Waals surface area contributed by atoms with Gasteiger partial charge >= 0.3 is 5.96 Å². The van der Waals surface area contributed by atoms with Gasteiger partial charge in [0, 0.05) is 6.54 Å². The second-order valence-corrected chi connectivity index (χ2v) is 6.90. The number of unbranched alkanes of at least 4 members (excludes halogenated alkanes) is 1. The van der Waals surface area contributed by atoms with E-state index < -0.39 is 0 Å². The molecule has 0 aromatic rings. The average molecular weight is 299 g/mol. The summed E-state index contributed by atoms with van der Waals surface area (Å²) in [4.78, 5) is 15.0. The lowest BCUT2D eigenvalue weighted by Gasteiger charge is -2.53. The Morgan fingerprint density at radius 3 is 2.29 bits per heavy atom. The van der Waals surface area contributed by atoms with E-state index in [1.54, 1.807) is 0 Å². The number of likely N-dealkylation sites (N-methyl/N-ethyl adjacent to an activating group) is 1. The largest absolute Gasteiger partial charge is 0.351 e. The van der Waals surface area contributed by atoms with Gasteiger partial charge in [-0.2, -0.15) is 0 Å². The van der Waals surface area contributed by atoms with E-state index in [1.165, 1.54) is 24.1 Å². The van der Waals surface area contributed by atoms with Gasteiger partial charge in [0.1, 0.15) is 39.3 Å². The lowest BCUT2D eigenvalue weighted by Crippen LogP contribution is -2.78. The standard InChI is InChI=1S/C14H29N6O/c1-19-6-9-20(10-7-19,11-8-19)12-13(21)17-4-2-3-5-18-14(15)16/h2-12H2,1H3,(H4-,15,16,17,18,21)/q+1/p+2. The number of quaternary nitrogens is 2. The molecule has 2 bridgehead atoms. The molecule has 3 heterocycles. The topological polar surface area (TPSA) is 95.1 Å². The van der Waals surface area contributed by atoms with Crippen LogP contribution in [-0.2, 0) is 4.79 Å². The lowest BCUT2D eigenvalue weighted by atomic mass is 10.1. The van der Waals surface area contributed by atoms with Gasteiger partial charge in [0.05, 0.1) is 13.6 Å². The molecule has 0 aromatic carbocycles. The molecule has 7 heteroatoms. The molecule has 120 valence electrons. The summed E-state index contributed by atoms with van der Waals surface area (Å²) in [6.45, 7) is 9.26. The molecule has 6 N–H and O–H groups in total. The van der Waals surface area contributed by atoms with Gasteiger partial charge in [0.25, 0.3) is 5.91 Å². The predicted octanol–water partition coefficient (Wildman–Crippen LogP) is -3.47. The number of rotatable bonds is 7. The number of piperazine rings is 3. The molecule has 0 atom stereocenters. The molecule has 0 saturated carbocycles. The third kappa shape index (κ3) is 4.57. The third-order valence-electron chi connectivity index (χ3n) is 5.08. The van der Waals surface area contributed by atoms with Gasteiger partial charge in [0.2, 0.25) is 0 Å². The van der Waals surface area contributed by atoms with Gasteiger partial charge in [-0.15, -0.1) is 0 Å². The highest BCUT2D eigenvalue weighted by Crippen LogP contribution is 2.24. The normalized spacial score (nSPS) is 30.9. The Labute approximate surface area is 127 Å². The Bertz CT molecular complexity index is 380. The summed E-state index contributed by atoms with van der Waals surface area (Å²) in [5.41, 5.74) is 10.6. The van der Waals surface area contributed by atoms with Crippen LogP contribution in [0.2, 0.25) is 0 Å². The first-order chi connectivity index (χ1) is 9.93. The molecule has 0 aliphatic carbocycles. The fourth-order valence-corrected chi connectivity index (χ4v) is 3.34. The molecule has 21 heavy (non-hydrogen) atoms. The molecule has 3 aliphatic rings. The molecular weight excluding hydrogens is 268 g/mol. The van der Waals surface area contributed by atoms with E-state index in [-0.39, 0.29) is 11.9 Å². The third-order valence-corrected chi connectivity index (χ3v) is 5.08. The Hall–Kier alpha value is -1.34. The van der Waals surface area contributed by atoms with E-state index in [0.29, 0.717) is 6.54 Å². The average Bonchev–Trinajstić information content (AvgIpc) is 2.44. The lowest BCUT2D eigenvalue weighted by molar-refractivity contribution is -1.07. The van der Waals surface area contributed by atoms with E-state index in [4.69, 9.17) is 11.5 Å². The monoisotopic (exact) mass is 299 g/mol. The van der Waals surface area contributed by atoms with Crippen LogP contribution in [0.15, 0.2) is 0 Å².